The molecule has 0 radical (unpaired) electrons. The summed E-state index contributed by atoms with van der Waals surface area (Å²) in [6.45, 7) is -4.07. The topological polar surface area (TPSA) is 106 Å². The lowest BCUT2D eigenvalue weighted by Crippen LogP contribution is -2.49. The highest BCUT2D eigenvalue weighted by Gasteiger charge is 2.51. The van der Waals surface area contributed by atoms with Gasteiger partial charge >= 0.3 is 6.97 Å². The molecule has 240 valence electrons. The molecule has 4 aromatic carbocycles. The van der Waals surface area contributed by atoms with Crippen LogP contribution in [0, 0.1) is 45.3 Å². The molecule has 1 aromatic heterocycles. The van der Waals surface area contributed by atoms with Gasteiger partial charge in [-0.05, 0) is 71.4 Å². The van der Waals surface area contributed by atoms with Crippen LogP contribution in [0.3, 0.4) is 0 Å². The van der Waals surface area contributed by atoms with E-state index in [4.69, 9.17) is 0 Å². The summed E-state index contributed by atoms with van der Waals surface area (Å²) in [5, 5.41) is 40.5. The van der Waals surface area contributed by atoms with Crippen molar-refractivity contribution in [2.75, 3.05) is 4.90 Å². The Labute approximate surface area is 293 Å². The molecule has 0 saturated heterocycles. The van der Waals surface area contributed by atoms with Gasteiger partial charge in [0.15, 0.2) is 5.70 Å². The number of benzene rings is 4. The van der Waals surface area contributed by atoms with Crippen LogP contribution >= 0.6 is 0 Å². The van der Waals surface area contributed by atoms with Gasteiger partial charge in [0, 0.05) is 46.1 Å². The number of aromatic nitrogens is 1. The van der Waals surface area contributed by atoms with E-state index >= 15 is 8.63 Å². The number of fused-ring (bicyclic) bond motifs is 2. The van der Waals surface area contributed by atoms with Crippen molar-refractivity contribution in [1.29, 1.82) is 21.0 Å². The molecule has 0 saturated carbocycles. The van der Waals surface area contributed by atoms with Crippen molar-refractivity contribution in [2.45, 2.75) is 0 Å². The van der Waals surface area contributed by atoms with Crippen LogP contribution in [0.25, 0.3) is 16.7 Å². The summed E-state index contributed by atoms with van der Waals surface area (Å²) in [7, 11) is 0. The smallest absolute Gasteiger partial charge is 0.396 e. The minimum Gasteiger partial charge on any atom is -0.396 e. The number of hydrogen-bond donors (Lipinski definition) is 0. The lowest BCUT2D eigenvalue weighted by Gasteiger charge is -2.31. The fraction of sp³-hybridized carbons (Fsp3) is 0. The van der Waals surface area contributed by atoms with Crippen LogP contribution in [0.5, 0.6) is 0 Å². The Morgan fingerprint density at radius 2 is 1.10 bits per heavy atom. The second-order valence-corrected chi connectivity index (χ2v) is 11.6. The molecular formula is C41H24BF2N7. The molecule has 0 aliphatic carbocycles. The summed E-state index contributed by atoms with van der Waals surface area (Å²) in [5.41, 5.74) is 5.02. The van der Waals surface area contributed by atoms with Crippen LogP contribution in [-0.4, -0.2) is 22.1 Å². The van der Waals surface area contributed by atoms with E-state index in [2.05, 4.69) is 4.90 Å². The molecule has 0 fully saturated rings. The predicted octanol–water partition coefficient (Wildman–Crippen LogP) is 8.91. The van der Waals surface area contributed by atoms with Crippen molar-refractivity contribution in [3.8, 4) is 24.3 Å². The third-order valence-electron chi connectivity index (χ3n) is 8.84. The van der Waals surface area contributed by atoms with Gasteiger partial charge in [-0.3, -0.25) is 0 Å². The Morgan fingerprint density at radius 3 is 1.61 bits per heavy atom. The van der Waals surface area contributed by atoms with Crippen LogP contribution in [0.1, 0.15) is 22.4 Å². The van der Waals surface area contributed by atoms with E-state index in [0.29, 0.717) is 33.7 Å². The molecule has 0 spiro atoms. The zero-order chi connectivity index (χ0) is 35.5. The molecule has 0 bridgehead atoms. The van der Waals surface area contributed by atoms with Gasteiger partial charge < -0.3 is 22.5 Å². The Kier molecular flexibility index (Phi) is 8.28. The number of allylic oxidation sites excluding steroid dienone is 6. The van der Waals surface area contributed by atoms with Gasteiger partial charge in [-0.25, -0.2) is 0 Å². The van der Waals surface area contributed by atoms with Crippen molar-refractivity contribution in [3.05, 3.63) is 179 Å². The third-order valence-corrected chi connectivity index (χ3v) is 8.84. The molecule has 2 aliphatic rings. The summed E-state index contributed by atoms with van der Waals surface area (Å²) in [6.07, 6.45) is 5.92. The molecule has 2 aliphatic heterocycles. The van der Waals surface area contributed by atoms with Crippen LogP contribution < -0.4 is 4.90 Å². The summed E-state index contributed by atoms with van der Waals surface area (Å²) >= 11 is 0. The van der Waals surface area contributed by atoms with Crippen LogP contribution in [0.15, 0.2) is 157 Å². The highest BCUT2D eigenvalue weighted by Crippen LogP contribution is 2.42. The Balaban J connectivity index is 1.34. The summed E-state index contributed by atoms with van der Waals surface area (Å²) in [4.78, 5) is 2.06. The molecule has 0 unspecified atom stereocenters. The van der Waals surface area contributed by atoms with Gasteiger partial charge in [-0.2, -0.15) is 21.0 Å². The van der Waals surface area contributed by atoms with E-state index in [9.17, 15) is 21.0 Å². The van der Waals surface area contributed by atoms with Crippen molar-refractivity contribution < 1.29 is 13.1 Å². The van der Waals surface area contributed by atoms with Gasteiger partial charge in [-0.15, -0.1) is 0 Å². The van der Waals surface area contributed by atoms with Crippen molar-refractivity contribution in [1.82, 2.24) is 4.48 Å². The number of halogens is 2. The number of para-hydroxylation sites is 2. The van der Waals surface area contributed by atoms with E-state index in [1.807, 2.05) is 97.1 Å². The molecular weight excluding hydrogens is 639 g/mol. The monoisotopic (exact) mass is 663 g/mol. The number of nitriles is 4. The highest BCUT2D eigenvalue weighted by atomic mass is 19.2. The molecule has 3 heterocycles. The second-order valence-electron chi connectivity index (χ2n) is 11.6. The fourth-order valence-electron chi connectivity index (χ4n) is 6.60. The minimum atomic E-state index is -4.07. The SMILES string of the molecule is N#CC(C#N)=C(C(=C(C#N)C#N)c1ccc(N(c2ccccc2)c2ccccc2)cc1)c1ccc(C2=C3C=CC=[N+]3[B-](F)(F)n3cccc32)cc1. The number of rotatable bonds is 7. The normalized spacial score (nSPS) is 13.3. The van der Waals surface area contributed by atoms with E-state index in [1.165, 1.54) is 12.4 Å². The Bertz CT molecular complexity index is 2440. The first-order valence-electron chi connectivity index (χ1n) is 15.9. The first-order valence-corrected chi connectivity index (χ1v) is 15.9. The maximum absolute atomic E-state index is 15.4. The molecule has 0 N–H and O–H groups in total. The van der Waals surface area contributed by atoms with Crippen LogP contribution in [0.4, 0.5) is 25.7 Å². The number of nitrogens with zero attached hydrogens (tertiary/aromatic N) is 7. The lowest BCUT2D eigenvalue weighted by atomic mass is 9.84. The Hall–Kier alpha value is -7.53. The minimum absolute atomic E-state index is 0.107. The molecule has 0 atom stereocenters. The highest BCUT2D eigenvalue weighted by molar-refractivity contribution is 6.57. The summed E-state index contributed by atoms with van der Waals surface area (Å²) in [6, 6.07) is 44.6. The number of hydrogen-bond acceptors (Lipinski definition) is 5. The molecule has 5 aromatic rings. The quantitative estimate of drug-likeness (QED) is 0.0982. The van der Waals surface area contributed by atoms with Crippen LogP contribution in [0.2, 0.25) is 0 Å². The van der Waals surface area contributed by atoms with Gasteiger partial charge in [0.05, 0.1) is 5.57 Å². The van der Waals surface area contributed by atoms with Crippen molar-refractivity contribution in [3.63, 3.8) is 0 Å². The maximum Gasteiger partial charge on any atom is 0.737 e. The second kappa shape index (κ2) is 13.2. The first-order chi connectivity index (χ1) is 24.9. The molecule has 7 rings (SSSR count). The van der Waals surface area contributed by atoms with Gasteiger partial charge in [0.2, 0.25) is 0 Å². The van der Waals surface area contributed by atoms with Crippen LogP contribution in [-0.2, 0) is 0 Å². The zero-order valence-electron chi connectivity index (χ0n) is 26.8. The summed E-state index contributed by atoms with van der Waals surface area (Å²) in [5.74, 6) is 0. The summed E-state index contributed by atoms with van der Waals surface area (Å²) < 4.78 is 32.7. The Morgan fingerprint density at radius 1 is 0.608 bits per heavy atom. The largest absolute Gasteiger partial charge is 0.737 e. The van der Waals surface area contributed by atoms with E-state index in [-0.39, 0.29) is 22.3 Å². The molecule has 7 nitrogen and oxygen atoms in total. The molecule has 51 heavy (non-hydrogen) atoms. The average Bonchev–Trinajstić information content (AvgIpc) is 3.88. The first kappa shape index (κ1) is 32.0. The van der Waals surface area contributed by atoms with Gasteiger partial charge in [0.25, 0.3) is 0 Å². The lowest BCUT2D eigenvalue weighted by molar-refractivity contribution is -0.356. The van der Waals surface area contributed by atoms with E-state index < -0.39 is 6.97 Å². The maximum atomic E-state index is 15.4. The van der Waals surface area contributed by atoms with Gasteiger partial charge in [0.1, 0.15) is 41.6 Å². The predicted molar refractivity (Wildman–Crippen MR) is 193 cm³/mol. The van der Waals surface area contributed by atoms with E-state index in [0.717, 1.165) is 26.0 Å². The molecule has 0 amide bonds. The van der Waals surface area contributed by atoms with Crippen molar-refractivity contribution in [2.24, 2.45) is 0 Å². The fourth-order valence-corrected chi connectivity index (χ4v) is 6.60. The van der Waals surface area contributed by atoms with Crippen molar-refractivity contribution >= 4 is 47.0 Å². The standard InChI is InChI=1S/C41H24BF2N7/c43-42(44)49-23-7-13-37(49)41(38-14-8-24-50(38)42)31-17-15-29(16-18-31)39(32(25-45)26-46)40(33(27-47)28-48)30-19-21-36(22-20-30)51(34-9-3-1-4-10-34)35-11-5-2-6-12-35/h1-24H. The number of anilines is 3. The van der Waals surface area contributed by atoms with E-state index in [1.54, 1.807) is 60.7 Å². The average molecular weight is 664 g/mol. The van der Waals surface area contributed by atoms with Gasteiger partial charge in [-0.1, -0.05) is 72.8 Å². The molecule has 10 heteroatoms. The zero-order valence-corrected chi connectivity index (χ0v) is 26.8. The third kappa shape index (κ3) is 5.50.